The normalized spacial score (nSPS) is 11.0. The largest absolute Gasteiger partial charge is 0.398 e. The number of hydrogen-bond acceptors (Lipinski definition) is 3. The molecule has 4 heteroatoms. The van der Waals surface area contributed by atoms with Gasteiger partial charge in [-0.05, 0) is 32.0 Å². The molecule has 0 aliphatic carbocycles. The zero-order valence-corrected chi connectivity index (χ0v) is 10.9. The molecule has 0 radical (unpaired) electrons. The molecule has 0 atom stereocenters. The van der Waals surface area contributed by atoms with Crippen molar-refractivity contribution in [3.8, 4) is 0 Å². The topological polar surface area (TPSA) is 43.8 Å². The highest BCUT2D eigenvalue weighted by Gasteiger charge is 2.04. The first-order chi connectivity index (χ1) is 8.16. The molecule has 0 aliphatic heterocycles. The predicted octanol–water partition coefficient (Wildman–Crippen LogP) is 3.34. The second kappa shape index (κ2) is 5.27. The van der Waals surface area contributed by atoms with Crippen molar-refractivity contribution in [3.63, 3.8) is 0 Å². The summed E-state index contributed by atoms with van der Waals surface area (Å²) < 4.78 is 1.98. The monoisotopic (exact) mass is 247 g/mol. The third-order valence-corrected chi connectivity index (χ3v) is 3.61. The summed E-state index contributed by atoms with van der Waals surface area (Å²) in [6.07, 6.45) is 2.02. The lowest BCUT2D eigenvalue weighted by Gasteiger charge is -2.05. The van der Waals surface area contributed by atoms with Crippen LogP contribution in [-0.4, -0.2) is 9.78 Å². The molecule has 90 valence electrons. The van der Waals surface area contributed by atoms with E-state index in [0.717, 1.165) is 22.0 Å². The highest BCUT2D eigenvalue weighted by molar-refractivity contribution is 7.98. The molecule has 2 rings (SSSR count). The Bertz CT molecular complexity index is 491. The van der Waals surface area contributed by atoms with Crippen molar-refractivity contribution in [2.45, 2.75) is 30.5 Å². The van der Waals surface area contributed by atoms with Crippen molar-refractivity contribution in [1.29, 1.82) is 0 Å². The number of aromatic nitrogens is 2. The maximum atomic E-state index is 5.89. The van der Waals surface area contributed by atoms with E-state index in [4.69, 9.17) is 5.73 Å². The molecule has 0 unspecified atom stereocenters. The van der Waals surface area contributed by atoms with E-state index in [1.165, 1.54) is 0 Å². The van der Waals surface area contributed by atoms with Gasteiger partial charge in [-0.3, -0.25) is 4.68 Å². The third kappa shape index (κ3) is 3.03. The molecule has 0 spiro atoms. The molecule has 2 aromatic rings. The molecule has 0 amide bonds. The number of nitrogens with zero attached hydrogens (tertiary/aromatic N) is 2. The molecule has 17 heavy (non-hydrogen) atoms. The van der Waals surface area contributed by atoms with Crippen LogP contribution in [0.3, 0.4) is 0 Å². The number of rotatable bonds is 4. The van der Waals surface area contributed by atoms with E-state index in [0.29, 0.717) is 6.04 Å². The average molecular weight is 247 g/mol. The number of benzene rings is 1. The Morgan fingerprint density at radius 1 is 1.29 bits per heavy atom. The summed E-state index contributed by atoms with van der Waals surface area (Å²) in [7, 11) is 0. The lowest BCUT2D eigenvalue weighted by atomic mass is 10.3. The summed E-state index contributed by atoms with van der Waals surface area (Å²) in [4.78, 5) is 1.12. The van der Waals surface area contributed by atoms with Gasteiger partial charge in [0.1, 0.15) is 0 Å². The molecule has 1 heterocycles. The van der Waals surface area contributed by atoms with Crippen LogP contribution in [0.4, 0.5) is 5.69 Å². The number of para-hydroxylation sites is 1. The van der Waals surface area contributed by atoms with Gasteiger partial charge in [-0.25, -0.2) is 0 Å². The van der Waals surface area contributed by atoms with Gasteiger partial charge < -0.3 is 5.73 Å². The molecule has 2 N–H and O–H groups in total. The molecule has 0 saturated heterocycles. The van der Waals surface area contributed by atoms with E-state index >= 15 is 0 Å². The van der Waals surface area contributed by atoms with Gasteiger partial charge in [-0.1, -0.05) is 12.1 Å². The Morgan fingerprint density at radius 3 is 2.71 bits per heavy atom. The molecule has 0 aliphatic rings. The number of hydrogen-bond donors (Lipinski definition) is 1. The van der Waals surface area contributed by atoms with Crippen LogP contribution in [0.1, 0.15) is 25.6 Å². The van der Waals surface area contributed by atoms with Crippen molar-refractivity contribution < 1.29 is 0 Å². The van der Waals surface area contributed by atoms with Crippen molar-refractivity contribution in [3.05, 3.63) is 42.2 Å². The van der Waals surface area contributed by atoms with Crippen LogP contribution in [0.2, 0.25) is 0 Å². The summed E-state index contributed by atoms with van der Waals surface area (Å²) in [5.41, 5.74) is 7.82. The van der Waals surface area contributed by atoms with Gasteiger partial charge in [0, 0.05) is 28.6 Å². The van der Waals surface area contributed by atoms with Gasteiger partial charge in [0.25, 0.3) is 0 Å². The van der Waals surface area contributed by atoms with Crippen LogP contribution in [0, 0.1) is 0 Å². The average Bonchev–Trinajstić information content (AvgIpc) is 2.77. The van der Waals surface area contributed by atoms with Gasteiger partial charge in [-0.2, -0.15) is 5.10 Å². The fourth-order valence-corrected chi connectivity index (χ4v) is 2.37. The van der Waals surface area contributed by atoms with E-state index in [-0.39, 0.29) is 0 Å². The Labute approximate surface area is 106 Å². The van der Waals surface area contributed by atoms with E-state index in [2.05, 4.69) is 25.0 Å². The highest BCUT2D eigenvalue weighted by Crippen LogP contribution is 2.27. The molecule has 0 bridgehead atoms. The lowest BCUT2D eigenvalue weighted by molar-refractivity contribution is 0.529. The second-order valence-corrected chi connectivity index (χ2v) is 5.22. The maximum Gasteiger partial charge on any atom is 0.0727 e. The van der Waals surface area contributed by atoms with Crippen LogP contribution in [-0.2, 0) is 5.75 Å². The first kappa shape index (κ1) is 12.0. The predicted molar refractivity (Wildman–Crippen MR) is 73.0 cm³/mol. The Balaban J connectivity index is 2.00. The van der Waals surface area contributed by atoms with Crippen molar-refractivity contribution >= 4 is 17.4 Å². The first-order valence-electron chi connectivity index (χ1n) is 5.68. The van der Waals surface area contributed by atoms with Crippen LogP contribution in [0.15, 0.2) is 41.4 Å². The first-order valence-corrected chi connectivity index (χ1v) is 6.66. The van der Waals surface area contributed by atoms with E-state index in [1.54, 1.807) is 11.8 Å². The van der Waals surface area contributed by atoms with Gasteiger partial charge in [-0.15, -0.1) is 11.8 Å². The van der Waals surface area contributed by atoms with Crippen LogP contribution < -0.4 is 5.73 Å². The van der Waals surface area contributed by atoms with Gasteiger partial charge >= 0.3 is 0 Å². The van der Waals surface area contributed by atoms with Gasteiger partial charge in [0.2, 0.25) is 0 Å². The minimum absolute atomic E-state index is 0.413. The molecule has 0 saturated carbocycles. The molecule has 3 nitrogen and oxygen atoms in total. The zero-order chi connectivity index (χ0) is 12.3. The number of nitrogens with two attached hydrogens (primary N) is 1. The Hall–Kier alpha value is -1.42. The van der Waals surface area contributed by atoms with E-state index in [9.17, 15) is 0 Å². The summed E-state index contributed by atoms with van der Waals surface area (Å²) in [5, 5.41) is 4.51. The van der Waals surface area contributed by atoms with Crippen molar-refractivity contribution in [2.75, 3.05) is 5.73 Å². The summed E-state index contributed by atoms with van der Waals surface area (Å²) >= 11 is 1.72. The zero-order valence-electron chi connectivity index (χ0n) is 10.1. The fraction of sp³-hybridized carbons (Fsp3) is 0.308. The maximum absolute atomic E-state index is 5.89. The Kier molecular flexibility index (Phi) is 3.74. The third-order valence-electron chi connectivity index (χ3n) is 2.49. The smallest absolute Gasteiger partial charge is 0.0727 e. The molecule has 1 aromatic carbocycles. The minimum atomic E-state index is 0.413. The quantitative estimate of drug-likeness (QED) is 0.665. The minimum Gasteiger partial charge on any atom is -0.398 e. The molecule has 0 fully saturated rings. The number of thioether (sulfide) groups is 1. The second-order valence-electron chi connectivity index (χ2n) is 4.21. The summed E-state index contributed by atoms with van der Waals surface area (Å²) in [6, 6.07) is 10.4. The van der Waals surface area contributed by atoms with Crippen LogP contribution in [0.25, 0.3) is 0 Å². The summed E-state index contributed by atoms with van der Waals surface area (Å²) in [5.74, 6) is 0.855. The van der Waals surface area contributed by atoms with Crippen LogP contribution >= 0.6 is 11.8 Å². The lowest BCUT2D eigenvalue weighted by Crippen LogP contribution is -2.01. The van der Waals surface area contributed by atoms with Gasteiger partial charge in [0.15, 0.2) is 0 Å². The number of anilines is 1. The molecular weight excluding hydrogens is 230 g/mol. The molecular formula is C13H17N3S. The summed E-state index contributed by atoms with van der Waals surface area (Å²) in [6.45, 7) is 4.25. The Morgan fingerprint density at radius 2 is 2.06 bits per heavy atom. The van der Waals surface area contributed by atoms with Gasteiger partial charge in [0.05, 0.1) is 5.69 Å². The molecule has 1 aromatic heterocycles. The highest BCUT2D eigenvalue weighted by atomic mass is 32.2. The van der Waals surface area contributed by atoms with E-state index < -0.39 is 0 Å². The standard InChI is InChI=1S/C13H17N3S/c1-10(2)16-8-7-11(15-16)9-17-13-6-4-3-5-12(13)14/h3-8,10H,9,14H2,1-2H3. The van der Waals surface area contributed by atoms with Crippen molar-refractivity contribution in [2.24, 2.45) is 0 Å². The van der Waals surface area contributed by atoms with Crippen molar-refractivity contribution in [1.82, 2.24) is 9.78 Å². The number of nitrogen functional groups attached to an aromatic ring is 1. The fourth-order valence-electron chi connectivity index (χ4n) is 1.51. The SMILES string of the molecule is CC(C)n1ccc(CSc2ccccc2N)n1. The van der Waals surface area contributed by atoms with Crippen LogP contribution in [0.5, 0.6) is 0 Å². The van der Waals surface area contributed by atoms with E-state index in [1.807, 2.05) is 35.1 Å².